The molecule has 1 aliphatic heterocycles. The molecule has 9 nitrogen and oxygen atoms in total. The zero-order valence-electron chi connectivity index (χ0n) is 22.9. The van der Waals surface area contributed by atoms with Crippen LogP contribution in [-0.4, -0.2) is 66.5 Å². The van der Waals surface area contributed by atoms with E-state index in [4.69, 9.17) is 37.4 Å². The fraction of sp³-hybridized carbons (Fsp3) is 0.300. The average molecular weight is 594 g/mol. The van der Waals surface area contributed by atoms with Crippen molar-refractivity contribution in [2.24, 2.45) is 0 Å². The van der Waals surface area contributed by atoms with Crippen LogP contribution in [0.3, 0.4) is 0 Å². The minimum absolute atomic E-state index is 0.144. The lowest BCUT2D eigenvalue weighted by molar-refractivity contribution is 0.111. The van der Waals surface area contributed by atoms with Crippen LogP contribution < -0.4 is 20.3 Å². The summed E-state index contributed by atoms with van der Waals surface area (Å²) >= 11 is 12.8. The van der Waals surface area contributed by atoms with E-state index in [2.05, 4.69) is 39.1 Å². The van der Waals surface area contributed by atoms with E-state index in [1.165, 1.54) is 10.8 Å². The van der Waals surface area contributed by atoms with Crippen LogP contribution in [0.2, 0.25) is 10.0 Å². The van der Waals surface area contributed by atoms with Crippen LogP contribution in [0.1, 0.15) is 18.4 Å². The maximum Gasteiger partial charge on any atom is 0.266 e. The molecule has 0 spiro atoms. The molecule has 0 atom stereocenters. The highest BCUT2D eigenvalue weighted by atomic mass is 35.5. The van der Waals surface area contributed by atoms with Gasteiger partial charge in [0.25, 0.3) is 5.56 Å². The molecule has 1 N–H and O–H groups in total. The number of methoxy groups -OCH3 is 2. The number of halogens is 2. The number of para-hydroxylation sites is 1. The van der Waals surface area contributed by atoms with Crippen LogP contribution in [0, 0.1) is 11.8 Å². The number of fused-ring (bicyclic) bond motifs is 1. The molecular weight excluding hydrogens is 565 g/mol. The Labute approximate surface area is 248 Å². The van der Waals surface area contributed by atoms with Gasteiger partial charge < -0.3 is 24.4 Å². The van der Waals surface area contributed by atoms with Crippen molar-refractivity contribution in [3.8, 4) is 29.0 Å². The Balaban J connectivity index is 1.49. The van der Waals surface area contributed by atoms with Gasteiger partial charge in [0, 0.05) is 44.3 Å². The van der Waals surface area contributed by atoms with E-state index in [0.29, 0.717) is 44.0 Å². The van der Waals surface area contributed by atoms with Crippen molar-refractivity contribution < 1.29 is 14.2 Å². The molecule has 0 amide bonds. The van der Waals surface area contributed by atoms with Gasteiger partial charge in [-0.1, -0.05) is 41.1 Å². The van der Waals surface area contributed by atoms with Gasteiger partial charge >= 0.3 is 0 Å². The molecule has 1 fully saturated rings. The van der Waals surface area contributed by atoms with E-state index in [0.717, 1.165) is 25.9 Å². The number of pyridine rings is 1. The van der Waals surface area contributed by atoms with Gasteiger partial charge in [0.1, 0.15) is 12.7 Å². The summed E-state index contributed by atoms with van der Waals surface area (Å²) in [5, 5.41) is 4.11. The number of piperidine rings is 1. The minimum atomic E-state index is -0.379. The molecular formula is C30H29Cl2N5O4. The molecule has 1 saturated heterocycles. The fourth-order valence-corrected chi connectivity index (χ4v) is 5.20. The van der Waals surface area contributed by atoms with Crippen molar-refractivity contribution in [1.29, 1.82) is 0 Å². The number of likely N-dealkylation sites (tertiary alicyclic amines) is 1. The first-order valence-electron chi connectivity index (χ1n) is 13.0. The zero-order chi connectivity index (χ0) is 28.9. The molecule has 4 aromatic rings. The number of nitrogens with one attached hydrogen (secondary N) is 1. The molecule has 0 aliphatic carbocycles. The molecule has 212 valence electrons. The molecule has 11 heteroatoms. The first kappa shape index (κ1) is 28.7. The first-order valence-corrected chi connectivity index (χ1v) is 13.8. The Morgan fingerprint density at radius 1 is 1.10 bits per heavy atom. The van der Waals surface area contributed by atoms with Gasteiger partial charge in [-0.25, -0.2) is 9.97 Å². The van der Waals surface area contributed by atoms with Crippen LogP contribution in [0.15, 0.2) is 53.6 Å². The van der Waals surface area contributed by atoms with Crippen LogP contribution in [0.25, 0.3) is 16.6 Å². The number of aromatic nitrogens is 3. The Kier molecular flexibility index (Phi) is 8.96. The number of benzene rings is 2. The van der Waals surface area contributed by atoms with Gasteiger partial charge in [0.05, 0.1) is 39.3 Å². The van der Waals surface area contributed by atoms with Crippen LogP contribution in [-0.2, 0) is 4.74 Å². The van der Waals surface area contributed by atoms with Crippen molar-refractivity contribution in [3.63, 3.8) is 0 Å². The molecule has 41 heavy (non-hydrogen) atoms. The predicted octanol–water partition coefficient (Wildman–Crippen LogP) is 5.31. The van der Waals surface area contributed by atoms with E-state index in [-0.39, 0.29) is 29.6 Å². The molecule has 1 aliphatic rings. The monoisotopic (exact) mass is 593 g/mol. The fourth-order valence-electron chi connectivity index (χ4n) is 4.62. The quantitative estimate of drug-likeness (QED) is 0.288. The van der Waals surface area contributed by atoms with Gasteiger partial charge in [0.15, 0.2) is 11.5 Å². The third-order valence-corrected chi connectivity index (χ3v) is 7.36. The Morgan fingerprint density at radius 3 is 2.56 bits per heavy atom. The van der Waals surface area contributed by atoms with E-state index >= 15 is 0 Å². The highest BCUT2D eigenvalue weighted by Crippen LogP contribution is 2.33. The second-order valence-corrected chi connectivity index (χ2v) is 10.4. The number of nitrogens with zero attached hydrogens (tertiary/aromatic N) is 4. The lowest BCUT2D eigenvalue weighted by Crippen LogP contribution is -2.35. The van der Waals surface area contributed by atoms with E-state index in [1.807, 2.05) is 18.2 Å². The summed E-state index contributed by atoms with van der Waals surface area (Å²) in [7, 11) is 5.28. The van der Waals surface area contributed by atoms with Crippen molar-refractivity contribution in [1.82, 2.24) is 19.4 Å². The number of ether oxygens (including phenoxy) is 3. The maximum atomic E-state index is 13.5. The van der Waals surface area contributed by atoms with Gasteiger partial charge in [-0.05, 0) is 44.2 Å². The highest BCUT2D eigenvalue weighted by Gasteiger charge is 2.20. The van der Waals surface area contributed by atoms with Crippen molar-refractivity contribution in [2.75, 3.05) is 46.3 Å². The minimum Gasteiger partial charge on any atom is -0.493 e. The molecule has 2 aromatic carbocycles. The number of rotatable bonds is 7. The maximum absolute atomic E-state index is 13.5. The van der Waals surface area contributed by atoms with Crippen molar-refractivity contribution >= 4 is 45.7 Å². The zero-order valence-corrected chi connectivity index (χ0v) is 24.4. The van der Waals surface area contributed by atoms with Crippen molar-refractivity contribution in [2.45, 2.75) is 18.9 Å². The normalized spacial score (nSPS) is 14.0. The first-order chi connectivity index (χ1) is 19.9. The lowest BCUT2D eigenvalue weighted by Gasteiger charge is -2.29. The van der Waals surface area contributed by atoms with Crippen LogP contribution in [0.5, 0.6) is 11.5 Å². The van der Waals surface area contributed by atoms with Gasteiger partial charge in [-0.2, -0.15) is 0 Å². The smallest absolute Gasteiger partial charge is 0.266 e. The van der Waals surface area contributed by atoms with E-state index in [9.17, 15) is 4.79 Å². The lowest BCUT2D eigenvalue weighted by atomic mass is 10.1. The number of hydrogen-bond acceptors (Lipinski definition) is 8. The molecule has 0 bridgehead atoms. The third-order valence-electron chi connectivity index (χ3n) is 6.75. The van der Waals surface area contributed by atoms with Gasteiger partial charge in [-0.15, -0.1) is 0 Å². The van der Waals surface area contributed by atoms with Crippen LogP contribution >= 0.6 is 23.2 Å². The summed E-state index contributed by atoms with van der Waals surface area (Å²) in [6.45, 7) is 2.20. The third kappa shape index (κ3) is 6.42. The largest absolute Gasteiger partial charge is 0.493 e. The molecule has 0 unspecified atom stereocenters. The molecule has 0 radical (unpaired) electrons. The summed E-state index contributed by atoms with van der Waals surface area (Å²) in [6, 6.07) is 10.6. The number of anilines is 2. The van der Waals surface area contributed by atoms with E-state index < -0.39 is 0 Å². The standard InChI is InChI=1S/C30H29Cl2N5O4/c1-36-13-11-21(12-14-36)41-25-10-9-20(16-26(25)40-3)34-30-33-17-22-27(35-30)19(6-5-15-39-2)18-37(29(22)38)28-23(31)7-4-8-24(28)32/h4,7-10,16-18,21H,11-15H2,1-3H3,(H,33,34,35). The van der Waals surface area contributed by atoms with Crippen molar-refractivity contribution in [3.05, 3.63) is 74.8 Å². The topological polar surface area (TPSA) is 90.7 Å². The summed E-state index contributed by atoms with van der Waals surface area (Å²) in [5.41, 5.74) is 1.53. The molecule has 2 aromatic heterocycles. The Morgan fingerprint density at radius 2 is 1.85 bits per heavy atom. The molecule has 5 rings (SSSR count). The summed E-state index contributed by atoms with van der Waals surface area (Å²) in [4.78, 5) is 24.9. The second-order valence-electron chi connectivity index (χ2n) is 9.59. The molecule has 0 saturated carbocycles. The summed E-state index contributed by atoms with van der Waals surface area (Å²) in [6.07, 6.45) is 5.11. The Hall–Kier alpha value is -3.81. The van der Waals surface area contributed by atoms with Gasteiger partial charge in [-0.3, -0.25) is 9.36 Å². The van der Waals surface area contributed by atoms with Gasteiger partial charge in [0.2, 0.25) is 5.95 Å². The highest BCUT2D eigenvalue weighted by molar-refractivity contribution is 6.37. The second kappa shape index (κ2) is 12.8. The number of hydrogen-bond donors (Lipinski definition) is 1. The van der Waals surface area contributed by atoms with Crippen LogP contribution in [0.4, 0.5) is 11.6 Å². The predicted molar refractivity (Wildman–Crippen MR) is 161 cm³/mol. The van der Waals surface area contributed by atoms with E-state index in [1.54, 1.807) is 38.6 Å². The SMILES string of the molecule is COCC#Cc1cn(-c2c(Cl)cccc2Cl)c(=O)c2cnc(Nc3ccc(OC4CCN(C)CC4)c(OC)c3)nc12. The Bertz CT molecular complexity index is 1670. The average Bonchev–Trinajstić information content (AvgIpc) is 2.97. The summed E-state index contributed by atoms with van der Waals surface area (Å²) < 4.78 is 18.3. The summed E-state index contributed by atoms with van der Waals surface area (Å²) in [5.74, 6) is 7.54. The molecule has 3 heterocycles.